The van der Waals surface area contributed by atoms with Gasteiger partial charge in [-0.25, -0.2) is 0 Å². The molecule has 4 nitrogen and oxygen atoms in total. The Morgan fingerprint density at radius 1 is 1.22 bits per heavy atom. The highest BCUT2D eigenvalue weighted by Gasteiger charge is 2.37. The molecule has 1 aliphatic heterocycles. The van der Waals surface area contributed by atoms with Gasteiger partial charge in [0.1, 0.15) is 0 Å². The van der Waals surface area contributed by atoms with Crippen LogP contribution in [0.5, 0.6) is 0 Å². The summed E-state index contributed by atoms with van der Waals surface area (Å²) in [6, 6.07) is 0. The van der Waals surface area contributed by atoms with E-state index in [-0.39, 0.29) is 17.4 Å². The molecule has 0 bridgehead atoms. The lowest BCUT2D eigenvalue weighted by Gasteiger charge is -2.30. The molecule has 0 aromatic rings. The summed E-state index contributed by atoms with van der Waals surface area (Å²) in [6.45, 7) is 1.97. The van der Waals surface area contributed by atoms with Crippen molar-refractivity contribution in [2.75, 3.05) is 19.7 Å². The van der Waals surface area contributed by atoms with Crippen molar-refractivity contribution in [2.24, 2.45) is 11.1 Å². The fourth-order valence-electron chi connectivity index (χ4n) is 3.13. The highest BCUT2D eigenvalue weighted by molar-refractivity contribution is 5.82. The fourth-order valence-corrected chi connectivity index (χ4v) is 3.13. The van der Waals surface area contributed by atoms with E-state index in [1.54, 1.807) is 0 Å². The highest BCUT2D eigenvalue weighted by Crippen LogP contribution is 2.34. The number of ether oxygens (including phenoxy) is 1. The molecule has 2 rings (SSSR count). The first-order valence-corrected chi connectivity index (χ1v) is 7.37. The minimum absolute atomic E-state index is 0.155. The normalized spacial score (nSPS) is 27.7. The molecule has 1 saturated heterocycles. The van der Waals surface area contributed by atoms with E-state index >= 15 is 0 Å². The van der Waals surface area contributed by atoms with E-state index in [2.05, 4.69) is 5.32 Å². The molecule has 1 amide bonds. The number of nitrogens with one attached hydrogen (secondary N) is 1. The van der Waals surface area contributed by atoms with Crippen LogP contribution in [0.3, 0.4) is 0 Å². The standard InChI is InChI=1S/C14H26N2O2/c15-11-14(7-3-1-2-4-8-14)13(17)16-10-12-6-5-9-18-12/h12H,1-11,15H2,(H,16,17). The van der Waals surface area contributed by atoms with Crippen molar-refractivity contribution in [1.29, 1.82) is 0 Å². The summed E-state index contributed by atoms with van der Waals surface area (Å²) in [5.74, 6) is 0.155. The van der Waals surface area contributed by atoms with E-state index in [1.165, 1.54) is 12.8 Å². The number of nitrogens with two attached hydrogens (primary N) is 1. The second-order valence-corrected chi connectivity index (χ2v) is 5.74. The molecule has 104 valence electrons. The average molecular weight is 254 g/mol. The van der Waals surface area contributed by atoms with Gasteiger partial charge in [-0.05, 0) is 25.7 Å². The topological polar surface area (TPSA) is 64.4 Å². The molecular formula is C14H26N2O2. The summed E-state index contributed by atoms with van der Waals surface area (Å²) in [7, 11) is 0. The second kappa shape index (κ2) is 6.53. The molecule has 1 heterocycles. The second-order valence-electron chi connectivity index (χ2n) is 5.74. The van der Waals surface area contributed by atoms with Crippen LogP contribution in [-0.4, -0.2) is 31.7 Å². The molecule has 1 aliphatic carbocycles. The zero-order valence-corrected chi connectivity index (χ0v) is 11.2. The molecule has 4 heteroatoms. The molecule has 1 saturated carbocycles. The van der Waals surface area contributed by atoms with Crippen LogP contribution in [0.25, 0.3) is 0 Å². The Hall–Kier alpha value is -0.610. The van der Waals surface area contributed by atoms with Gasteiger partial charge in [-0.3, -0.25) is 4.79 Å². The van der Waals surface area contributed by atoms with Gasteiger partial charge in [0, 0.05) is 19.7 Å². The van der Waals surface area contributed by atoms with Crippen molar-refractivity contribution in [3.8, 4) is 0 Å². The minimum Gasteiger partial charge on any atom is -0.376 e. The number of hydrogen-bond acceptors (Lipinski definition) is 3. The highest BCUT2D eigenvalue weighted by atomic mass is 16.5. The van der Waals surface area contributed by atoms with E-state index in [9.17, 15) is 4.79 Å². The van der Waals surface area contributed by atoms with Crippen LogP contribution in [0.4, 0.5) is 0 Å². The van der Waals surface area contributed by atoms with E-state index in [1.807, 2.05) is 0 Å². The van der Waals surface area contributed by atoms with E-state index in [4.69, 9.17) is 10.5 Å². The van der Waals surface area contributed by atoms with Crippen molar-refractivity contribution in [3.63, 3.8) is 0 Å². The zero-order chi connectivity index (χ0) is 12.8. The summed E-state index contributed by atoms with van der Waals surface area (Å²) in [5.41, 5.74) is 5.59. The lowest BCUT2D eigenvalue weighted by molar-refractivity contribution is -0.131. The number of amides is 1. The van der Waals surface area contributed by atoms with E-state index < -0.39 is 0 Å². The van der Waals surface area contributed by atoms with Crippen LogP contribution in [-0.2, 0) is 9.53 Å². The average Bonchev–Trinajstić information content (AvgIpc) is 2.79. The van der Waals surface area contributed by atoms with Crippen molar-refractivity contribution >= 4 is 5.91 Å². The maximum Gasteiger partial charge on any atom is 0.227 e. The molecule has 2 aliphatic rings. The van der Waals surface area contributed by atoms with E-state index in [0.29, 0.717) is 13.1 Å². The lowest BCUT2D eigenvalue weighted by atomic mass is 9.79. The number of carbonyl (C=O) groups excluding carboxylic acids is 1. The quantitative estimate of drug-likeness (QED) is 0.749. The Morgan fingerprint density at radius 3 is 2.50 bits per heavy atom. The smallest absolute Gasteiger partial charge is 0.227 e. The first-order valence-electron chi connectivity index (χ1n) is 7.37. The molecule has 2 fully saturated rings. The maximum atomic E-state index is 12.4. The monoisotopic (exact) mass is 254 g/mol. The van der Waals surface area contributed by atoms with Gasteiger partial charge in [0.15, 0.2) is 0 Å². The van der Waals surface area contributed by atoms with Crippen molar-refractivity contribution < 1.29 is 9.53 Å². The lowest BCUT2D eigenvalue weighted by Crippen LogP contribution is -2.47. The van der Waals surface area contributed by atoms with Crippen molar-refractivity contribution in [2.45, 2.75) is 57.5 Å². The molecule has 3 N–H and O–H groups in total. The molecule has 1 unspecified atom stereocenters. The third kappa shape index (κ3) is 3.23. The molecule has 0 aromatic carbocycles. The third-order valence-electron chi connectivity index (χ3n) is 4.45. The predicted molar refractivity (Wildman–Crippen MR) is 71.2 cm³/mol. The van der Waals surface area contributed by atoms with Crippen molar-refractivity contribution in [1.82, 2.24) is 5.32 Å². The number of carbonyl (C=O) groups is 1. The number of hydrogen-bond donors (Lipinski definition) is 2. The summed E-state index contributed by atoms with van der Waals surface area (Å²) >= 11 is 0. The van der Waals surface area contributed by atoms with Crippen LogP contribution in [0, 0.1) is 5.41 Å². The minimum atomic E-state index is -0.310. The molecule has 0 spiro atoms. The van der Waals surface area contributed by atoms with Gasteiger partial charge in [0.2, 0.25) is 5.91 Å². The molecule has 0 aromatic heterocycles. The Balaban J connectivity index is 1.86. The van der Waals surface area contributed by atoms with Crippen LogP contribution < -0.4 is 11.1 Å². The van der Waals surface area contributed by atoms with Crippen LogP contribution in [0.1, 0.15) is 51.4 Å². The van der Waals surface area contributed by atoms with Gasteiger partial charge in [0.25, 0.3) is 0 Å². The first-order chi connectivity index (χ1) is 8.77. The SMILES string of the molecule is NCC1(C(=O)NCC2CCCO2)CCCCCC1. The predicted octanol–water partition coefficient (Wildman–Crippen LogP) is 1.58. The van der Waals surface area contributed by atoms with Gasteiger partial charge in [-0.15, -0.1) is 0 Å². The molecule has 18 heavy (non-hydrogen) atoms. The van der Waals surface area contributed by atoms with Gasteiger partial charge in [-0.2, -0.15) is 0 Å². The summed E-state index contributed by atoms with van der Waals surface area (Å²) in [4.78, 5) is 12.4. The Morgan fingerprint density at radius 2 is 1.94 bits per heavy atom. The summed E-state index contributed by atoms with van der Waals surface area (Å²) in [6.07, 6.45) is 9.02. The van der Waals surface area contributed by atoms with Crippen LogP contribution >= 0.6 is 0 Å². The maximum absolute atomic E-state index is 12.4. The number of rotatable bonds is 4. The van der Waals surface area contributed by atoms with E-state index in [0.717, 1.165) is 45.1 Å². The van der Waals surface area contributed by atoms with Crippen LogP contribution in [0.15, 0.2) is 0 Å². The van der Waals surface area contributed by atoms with Gasteiger partial charge >= 0.3 is 0 Å². The van der Waals surface area contributed by atoms with Crippen molar-refractivity contribution in [3.05, 3.63) is 0 Å². The van der Waals surface area contributed by atoms with Gasteiger partial charge < -0.3 is 15.8 Å². The molecule has 0 radical (unpaired) electrons. The largest absolute Gasteiger partial charge is 0.376 e. The summed E-state index contributed by atoms with van der Waals surface area (Å²) < 4.78 is 5.54. The van der Waals surface area contributed by atoms with Gasteiger partial charge in [-0.1, -0.05) is 25.7 Å². The summed E-state index contributed by atoms with van der Waals surface area (Å²) in [5, 5.41) is 3.07. The Labute approximate surface area is 110 Å². The fraction of sp³-hybridized carbons (Fsp3) is 0.929. The molecule has 1 atom stereocenters. The van der Waals surface area contributed by atoms with Crippen LogP contribution in [0.2, 0.25) is 0 Å². The Bertz CT molecular complexity index is 267. The Kier molecular flexibility index (Phi) is 5.01. The zero-order valence-electron chi connectivity index (χ0n) is 11.2. The third-order valence-corrected chi connectivity index (χ3v) is 4.45. The van der Waals surface area contributed by atoms with Gasteiger partial charge in [0.05, 0.1) is 11.5 Å². The first kappa shape index (κ1) is 13.8. The molecular weight excluding hydrogens is 228 g/mol.